The Labute approximate surface area is 190 Å². The van der Waals surface area contributed by atoms with E-state index in [0.29, 0.717) is 23.8 Å². The maximum Gasteiger partial charge on any atom is 0.320 e. The first-order valence-electron chi connectivity index (χ1n) is 11.5. The number of fused-ring (bicyclic) bond motifs is 6. The van der Waals surface area contributed by atoms with Crippen LogP contribution < -0.4 is 15.5 Å². The summed E-state index contributed by atoms with van der Waals surface area (Å²) in [7, 11) is 0. The van der Waals surface area contributed by atoms with Crippen LogP contribution in [0.15, 0.2) is 36.5 Å². The van der Waals surface area contributed by atoms with Gasteiger partial charge >= 0.3 is 6.03 Å². The number of pyridine rings is 1. The molecule has 4 unspecified atom stereocenters. The van der Waals surface area contributed by atoms with Gasteiger partial charge in [0.15, 0.2) is 5.82 Å². The van der Waals surface area contributed by atoms with Gasteiger partial charge in [0.05, 0.1) is 28.6 Å². The number of anilines is 2. The highest BCUT2D eigenvalue weighted by atomic mass is 19.1. The zero-order chi connectivity index (χ0) is 22.7. The third kappa shape index (κ3) is 3.42. The van der Waals surface area contributed by atoms with Crippen molar-refractivity contribution in [2.24, 2.45) is 11.8 Å². The molecule has 3 fully saturated rings. The Morgan fingerprint density at radius 2 is 2.15 bits per heavy atom. The summed E-state index contributed by atoms with van der Waals surface area (Å²) in [5.74, 6) is 2.15. The van der Waals surface area contributed by atoms with Crippen LogP contribution in [0.5, 0.6) is 0 Å². The molecule has 3 aliphatic heterocycles. The minimum Gasteiger partial charge on any atom is -0.371 e. The molecule has 0 spiro atoms. The predicted molar refractivity (Wildman–Crippen MR) is 123 cm³/mol. The van der Waals surface area contributed by atoms with Crippen LogP contribution >= 0.6 is 0 Å². The van der Waals surface area contributed by atoms with Crippen LogP contribution in [0.4, 0.5) is 20.8 Å². The van der Waals surface area contributed by atoms with Crippen molar-refractivity contribution >= 4 is 28.6 Å². The van der Waals surface area contributed by atoms with Gasteiger partial charge in [-0.3, -0.25) is 10.4 Å². The number of nitrogens with zero attached hydrogens (tertiary/aromatic N) is 3. The fourth-order valence-electron chi connectivity index (χ4n) is 5.88. The number of amides is 2. The highest BCUT2D eigenvalue weighted by Gasteiger charge is 2.59. The number of urea groups is 1. The summed E-state index contributed by atoms with van der Waals surface area (Å²) in [5.41, 5.74) is 1.64. The van der Waals surface area contributed by atoms with Crippen LogP contribution in [0.25, 0.3) is 10.9 Å². The lowest BCUT2D eigenvalue weighted by atomic mass is 9.75. The van der Waals surface area contributed by atoms with Gasteiger partial charge in [-0.2, -0.15) is 5.10 Å². The Kier molecular flexibility index (Phi) is 4.58. The van der Waals surface area contributed by atoms with E-state index in [-0.39, 0.29) is 23.5 Å². The summed E-state index contributed by atoms with van der Waals surface area (Å²) in [6, 6.07) is 7.20. The van der Waals surface area contributed by atoms with E-state index in [9.17, 15) is 9.18 Å². The van der Waals surface area contributed by atoms with Crippen LogP contribution in [-0.2, 0) is 4.74 Å². The van der Waals surface area contributed by atoms with E-state index >= 15 is 0 Å². The van der Waals surface area contributed by atoms with Crippen LogP contribution in [0.2, 0.25) is 0 Å². The molecule has 172 valence electrons. The molecule has 0 aliphatic carbocycles. The number of hydrogen-bond acceptors (Lipinski definition) is 5. The van der Waals surface area contributed by atoms with Crippen molar-refractivity contribution in [3.05, 3.63) is 47.9 Å². The van der Waals surface area contributed by atoms with E-state index in [1.165, 1.54) is 12.1 Å². The number of carbonyl (C=O) groups is 1. The van der Waals surface area contributed by atoms with Crippen molar-refractivity contribution in [3.63, 3.8) is 0 Å². The SMILES string of the molecule is C[C@@H](NC(=O)Nc1cc2[nH]nc(N3CC4C5CCC(C)(O5)C4C3)c2cn1)c1ccc(F)cc1. The van der Waals surface area contributed by atoms with Gasteiger partial charge in [0.1, 0.15) is 11.6 Å². The van der Waals surface area contributed by atoms with E-state index in [2.05, 4.69) is 37.6 Å². The van der Waals surface area contributed by atoms with E-state index in [1.807, 2.05) is 6.92 Å². The van der Waals surface area contributed by atoms with E-state index in [0.717, 1.165) is 48.2 Å². The first kappa shape index (κ1) is 20.4. The molecule has 9 heteroatoms. The molecule has 5 heterocycles. The van der Waals surface area contributed by atoms with Crippen LogP contribution in [-0.4, -0.2) is 46.0 Å². The molecule has 3 N–H and O–H groups in total. The lowest BCUT2D eigenvalue weighted by Crippen LogP contribution is -2.35. The smallest absolute Gasteiger partial charge is 0.320 e. The molecule has 6 rings (SSSR count). The van der Waals surface area contributed by atoms with Crippen molar-refractivity contribution in [2.45, 2.75) is 44.4 Å². The molecule has 1 aromatic carbocycles. The molecular formula is C24H27FN6O2. The van der Waals surface area contributed by atoms with Crippen molar-refractivity contribution < 1.29 is 13.9 Å². The predicted octanol–water partition coefficient (Wildman–Crippen LogP) is 3.98. The minimum atomic E-state index is -0.380. The van der Waals surface area contributed by atoms with E-state index in [1.54, 1.807) is 24.4 Å². The minimum absolute atomic E-state index is 0.00391. The topological polar surface area (TPSA) is 95.2 Å². The van der Waals surface area contributed by atoms with Gasteiger partial charge < -0.3 is 15.0 Å². The molecule has 0 radical (unpaired) electrons. The van der Waals surface area contributed by atoms with Crippen LogP contribution in [0.3, 0.4) is 0 Å². The highest BCUT2D eigenvalue weighted by Crippen LogP contribution is 2.54. The molecule has 3 saturated heterocycles. The zero-order valence-electron chi connectivity index (χ0n) is 18.6. The van der Waals surface area contributed by atoms with Gasteiger partial charge in [-0.1, -0.05) is 12.1 Å². The van der Waals surface area contributed by atoms with Crippen LogP contribution in [0.1, 0.15) is 38.3 Å². The number of aromatic amines is 1. The summed E-state index contributed by atoms with van der Waals surface area (Å²) in [6.07, 6.45) is 4.44. The first-order valence-corrected chi connectivity index (χ1v) is 11.5. The standard InChI is InChI=1S/C24H27FN6O2/c1-13(14-3-5-15(25)6-4-14)27-23(32)28-21-9-19-16(10-26-21)22(30-29-19)31-11-17-18(12-31)24(2)8-7-20(17)33-24/h3-6,9-10,13,17-18,20H,7-8,11-12H2,1-2H3,(H,29,30)(H2,26,27,28,32)/t13-,17?,18?,20?,24?/m1/s1. The van der Waals surface area contributed by atoms with E-state index < -0.39 is 0 Å². The summed E-state index contributed by atoms with van der Waals surface area (Å²) in [6.45, 7) is 5.99. The summed E-state index contributed by atoms with van der Waals surface area (Å²) in [5, 5.41) is 14.2. The normalized spacial score (nSPS) is 28.8. The Morgan fingerprint density at radius 3 is 2.94 bits per heavy atom. The second kappa shape index (κ2) is 7.41. The molecule has 3 aromatic rings. The third-order valence-corrected chi connectivity index (χ3v) is 7.66. The number of aromatic nitrogens is 3. The number of benzene rings is 1. The van der Waals surface area contributed by atoms with Crippen LogP contribution in [0, 0.1) is 17.7 Å². The average molecular weight is 451 g/mol. The second-order valence-corrected chi connectivity index (χ2v) is 9.72. The Hall–Kier alpha value is -3.20. The number of nitrogens with one attached hydrogen (secondary N) is 3. The molecule has 5 atom stereocenters. The monoisotopic (exact) mass is 450 g/mol. The fraction of sp³-hybridized carbons (Fsp3) is 0.458. The molecule has 2 amide bonds. The van der Waals surface area contributed by atoms with Gasteiger partial charge in [-0.05, 0) is 44.4 Å². The Balaban J connectivity index is 1.14. The summed E-state index contributed by atoms with van der Waals surface area (Å²) < 4.78 is 19.4. The molecule has 8 nitrogen and oxygen atoms in total. The van der Waals surface area contributed by atoms with Gasteiger partial charge in [0.2, 0.25) is 0 Å². The quantitative estimate of drug-likeness (QED) is 0.559. The molecule has 0 saturated carbocycles. The van der Waals surface area contributed by atoms with Crippen molar-refractivity contribution in [1.29, 1.82) is 0 Å². The largest absolute Gasteiger partial charge is 0.371 e. The number of H-pyrrole nitrogens is 1. The lowest BCUT2D eigenvalue weighted by Gasteiger charge is -2.28. The van der Waals surface area contributed by atoms with Gasteiger partial charge in [-0.25, -0.2) is 14.2 Å². The summed E-state index contributed by atoms with van der Waals surface area (Å²) in [4.78, 5) is 19.2. The number of ether oxygens (including phenoxy) is 1. The van der Waals surface area contributed by atoms with Crippen molar-refractivity contribution in [2.75, 3.05) is 23.3 Å². The molecule has 3 aliphatic rings. The first-order chi connectivity index (χ1) is 15.9. The Bertz CT molecular complexity index is 1210. The highest BCUT2D eigenvalue weighted by molar-refractivity contribution is 5.94. The molecule has 33 heavy (non-hydrogen) atoms. The number of halogens is 1. The van der Waals surface area contributed by atoms with Crippen molar-refractivity contribution in [3.8, 4) is 0 Å². The third-order valence-electron chi connectivity index (χ3n) is 7.66. The summed E-state index contributed by atoms with van der Waals surface area (Å²) >= 11 is 0. The molecule has 2 bridgehead atoms. The maximum absolute atomic E-state index is 13.1. The zero-order valence-corrected chi connectivity index (χ0v) is 18.6. The maximum atomic E-state index is 13.1. The van der Waals surface area contributed by atoms with E-state index in [4.69, 9.17) is 4.74 Å². The number of rotatable bonds is 4. The van der Waals surface area contributed by atoms with Gasteiger partial charge in [0.25, 0.3) is 0 Å². The lowest BCUT2D eigenvalue weighted by molar-refractivity contribution is 0.00664. The Morgan fingerprint density at radius 1 is 1.33 bits per heavy atom. The second-order valence-electron chi connectivity index (χ2n) is 9.72. The van der Waals surface area contributed by atoms with Gasteiger partial charge in [-0.15, -0.1) is 0 Å². The number of carbonyl (C=O) groups excluding carboxylic acids is 1. The average Bonchev–Trinajstić information content (AvgIpc) is 3.53. The fourth-order valence-corrected chi connectivity index (χ4v) is 5.88. The van der Waals surface area contributed by atoms with Crippen molar-refractivity contribution in [1.82, 2.24) is 20.5 Å². The number of hydrogen-bond donors (Lipinski definition) is 3. The van der Waals surface area contributed by atoms with Gasteiger partial charge in [0, 0.05) is 37.2 Å². The molecule has 2 aromatic heterocycles. The molecular weight excluding hydrogens is 423 g/mol.